The normalized spacial score (nSPS) is 12.4. The van der Waals surface area contributed by atoms with Crippen LogP contribution in [0.5, 0.6) is 0 Å². The minimum absolute atomic E-state index is 0.0472. The Morgan fingerprint density at radius 3 is 1.42 bits per heavy atom. The van der Waals surface area contributed by atoms with Crippen LogP contribution in [0.15, 0.2) is 0 Å². The van der Waals surface area contributed by atoms with Crippen LogP contribution in [0.2, 0.25) is 0 Å². The SMILES string of the molecule is N[C@H](C(=O)O)C(C[C]=O)C(=O)CCOCCOCCOCCOCCCNC(=O)CCCCCCCCCCCCCCCCC(=O)O. The van der Waals surface area contributed by atoms with E-state index in [0.717, 1.165) is 38.5 Å². The molecule has 13 heteroatoms. The Balaban J connectivity index is 3.34. The first-order chi connectivity index (χ1) is 23.3. The molecule has 0 spiro atoms. The van der Waals surface area contributed by atoms with Gasteiger partial charge in [-0.1, -0.05) is 77.0 Å². The fourth-order valence-electron chi connectivity index (χ4n) is 5.00. The van der Waals surface area contributed by atoms with Crippen LogP contribution in [0.4, 0.5) is 0 Å². The van der Waals surface area contributed by atoms with E-state index in [1.54, 1.807) is 6.29 Å². The number of carbonyl (C=O) groups excluding carboxylic acids is 3. The largest absolute Gasteiger partial charge is 0.481 e. The van der Waals surface area contributed by atoms with Crippen LogP contribution < -0.4 is 11.1 Å². The number of hydrogen-bond acceptors (Lipinski definition) is 10. The second kappa shape index (κ2) is 34.4. The Hall–Kier alpha value is -2.45. The molecule has 0 aromatic heterocycles. The van der Waals surface area contributed by atoms with Gasteiger partial charge in [0.25, 0.3) is 0 Å². The van der Waals surface area contributed by atoms with Crippen LogP contribution in [-0.2, 0) is 42.9 Å². The summed E-state index contributed by atoms with van der Waals surface area (Å²) in [6.45, 7) is 3.45. The van der Waals surface area contributed by atoms with Crippen molar-refractivity contribution < 1.29 is 53.1 Å². The van der Waals surface area contributed by atoms with Gasteiger partial charge in [-0.3, -0.25) is 24.0 Å². The molecule has 0 bridgehead atoms. The third-order valence-corrected chi connectivity index (χ3v) is 7.88. The smallest absolute Gasteiger partial charge is 0.321 e. The van der Waals surface area contributed by atoms with Gasteiger partial charge in [0.1, 0.15) is 11.8 Å². The number of rotatable bonds is 38. The standard InChI is InChI=1S/C35H63N2O11/c36-34(35(43)44)30(18-21-38)31(39)19-23-46-25-27-48-29-28-47-26-24-45-22-15-20-37-32(40)16-13-11-9-7-5-3-1-2-4-6-8-10-12-14-17-33(41)42/h30,34H,1-20,22-29,36H2,(H,37,40)(H,41,42)(H,43,44)/t30?,34-/m0/s1. The molecule has 0 aliphatic rings. The predicted molar refractivity (Wildman–Crippen MR) is 181 cm³/mol. The number of carboxylic acid groups (broad SMARTS) is 2. The van der Waals surface area contributed by atoms with E-state index in [1.165, 1.54) is 57.8 Å². The fraction of sp³-hybridized carbons (Fsp3) is 0.857. The lowest BCUT2D eigenvalue weighted by Gasteiger charge is -2.16. The van der Waals surface area contributed by atoms with E-state index >= 15 is 0 Å². The molecule has 0 fully saturated rings. The Morgan fingerprint density at radius 1 is 0.562 bits per heavy atom. The van der Waals surface area contributed by atoms with E-state index in [4.69, 9.17) is 34.9 Å². The summed E-state index contributed by atoms with van der Waals surface area (Å²) in [6.07, 6.45) is 19.1. The van der Waals surface area contributed by atoms with Crippen molar-refractivity contribution in [3.63, 3.8) is 0 Å². The van der Waals surface area contributed by atoms with E-state index in [2.05, 4.69) is 5.32 Å². The van der Waals surface area contributed by atoms with Gasteiger partial charge >= 0.3 is 11.9 Å². The molecule has 0 aromatic rings. The van der Waals surface area contributed by atoms with E-state index in [-0.39, 0.29) is 32.0 Å². The Morgan fingerprint density at radius 2 is 0.979 bits per heavy atom. The second-order valence-electron chi connectivity index (χ2n) is 12.0. The van der Waals surface area contributed by atoms with Crippen LogP contribution in [-0.4, -0.2) is 106 Å². The number of aliphatic carboxylic acids is 2. The summed E-state index contributed by atoms with van der Waals surface area (Å²) in [6, 6.07) is -1.44. The molecule has 0 aliphatic heterocycles. The Labute approximate surface area is 287 Å². The zero-order valence-electron chi connectivity index (χ0n) is 29.1. The zero-order chi connectivity index (χ0) is 35.5. The summed E-state index contributed by atoms with van der Waals surface area (Å²) < 4.78 is 21.7. The highest BCUT2D eigenvalue weighted by atomic mass is 16.6. The highest BCUT2D eigenvalue weighted by Crippen LogP contribution is 2.14. The third-order valence-electron chi connectivity index (χ3n) is 7.88. The number of ketones is 1. The molecule has 0 aliphatic carbocycles. The van der Waals surface area contributed by atoms with Gasteiger partial charge in [-0.25, -0.2) is 0 Å². The lowest BCUT2D eigenvalue weighted by atomic mass is 9.91. The number of carboxylic acids is 2. The summed E-state index contributed by atoms with van der Waals surface area (Å²) in [5.41, 5.74) is 5.46. The number of unbranched alkanes of at least 4 members (excludes halogenated alkanes) is 13. The summed E-state index contributed by atoms with van der Waals surface area (Å²) in [5.74, 6) is -3.49. The first kappa shape index (κ1) is 45.6. The number of nitrogens with one attached hydrogen (secondary N) is 1. The molecule has 1 amide bonds. The van der Waals surface area contributed by atoms with Gasteiger partial charge < -0.3 is 40.2 Å². The van der Waals surface area contributed by atoms with E-state index in [1.807, 2.05) is 0 Å². The van der Waals surface area contributed by atoms with Crippen molar-refractivity contribution in [2.75, 3.05) is 59.4 Å². The van der Waals surface area contributed by atoms with Gasteiger partial charge in [-0.15, -0.1) is 0 Å². The van der Waals surface area contributed by atoms with Gasteiger partial charge in [-0.05, 0) is 19.3 Å². The molecule has 2 atom stereocenters. The molecule has 48 heavy (non-hydrogen) atoms. The number of nitrogens with two attached hydrogens (primary N) is 1. The van der Waals surface area contributed by atoms with Crippen molar-refractivity contribution in [1.29, 1.82) is 0 Å². The van der Waals surface area contributed by atoms with Crippen molar-refractivity contribution in [3.05, 3.63) is 0 Å². The minimum Gasteiger partial charge on any atom is -0.481 e. The summed E-state index contributed by atoms with van der Waals surface area (Å²) >= 11 is 0. The van der Waals surface area contributed by atoms with E-state index in [9.17, 15) is 24.0 Å². The monoisotopic (exact) mass is 687 g/mol. The zero-order valence-corrected chi connectivity index (χ0v) is 29.1. The molecule has 0 rings (SSSR count). The summed E-state index contributed by atoms with van der Waals surface area (Å²) in [7, 11) is 0. The molecule has 1 unspecified atom stereocenters. The van der Waals surface area contributed by atoms with Crippen molar-refractivity contribution >= 4 is 29.9 Å². The van der Waals surface area contributed by atoms with Crippen LogP contribution in [0, 0.1) is 5.92 Å². The fourth-order valence-corrected chi connectivity index (χ4v) is 5.00. The molecule has 0 heterocycles. The number of Topliss-reactive ketones (excluding diaryl/α,β-unsaturated/α-hetero) is 1. The summed E-state index contributed by atoms with van der Waals surface area (Å²) in [4.78, 5) is 56.1. The first-order valence-electron chi connectivity index (χ1n) is 17.9. The van der Waals surface area contributed by atoms with Crippen molar-refractivity contribution in [3.8, 4) is 0 Å². The molecule has 0 saturated carbocycles. The lowest BCUT2D eigenvalue weighted by Crippen LogP contribution is -2.42. The van der Waals surface area contributed by atoms with Gasteiger partial charge in [0.05, 0.1) is 52.2 Å². The highest BCUT2D eigenvalue weighted by molar-refractivity contribution is 5.89. The number of amides is 1. The lowest BCUT2D eigenvalue weighted by molar-refractivity contribution is -0.142. The molecule has 1 radical (unpaired) electrons. The average Bonchev–Trinajstić information content (AvgIpc) is 3.06. The van der Waals surface area contributed by atoms with Crippen LogP contribution >= 0.6 is 0 Å². The maximum atomic E-state index is 12.1. The van der Waals surface area contributed by atoms with E-state index in [0.29, 0.717) is 59.0 Å². The molecule has 0 aromatic carbocycles. The van der Waals surface area contributed by atoms with E-state index < -0.39 is 29.7 Å². The van der Waals surface area contributed by atoms with Gasteiger partial charge in [0, 0.05) is 38.8 Å². The van der Waals surface area contributed by atoms with Gasteiger partial charge in [0.15, 0.2) is 6.29 Å². The molecule has 13 nitrogen and oxygen atoms in total. The third kappa shape index (κ3) is 30.9. The topological polar surface area (TPSA) is 201 Å². The van der Waals surface area contributed by atoms with Crippen LogP contribution in [0.3, 0.4) is 0 Å². The molecular formula is C35H63N2O11. The molecule has 5 N–H and O–H groups in total. The minimum atomic E-state index is -1.44. The number of ether oxygens (including phenoxy) is 4. The predicted octanol–water partition coefficient (Wildman–Crippen LogP) is 4.37. The Kier molecular flexibility index (Phi) is 32.7. The average molecular weight is 688 g/mol. The van der Waals surface area contributed by atoms with Crippen molar-refractivity contribution in [1.82, 2.24) is 5.32 Å². The van der Waals surface area contributed by atoms with Gasteiger partial charge in [-0.2, -0.15) is 0 Å². The highest BCUT2D eigenvalue weighted by Gasteiger charge is 2.30. The molecule has 279 valence electrons. The Bertz CT molecular complexity index is 828. The van der Waals surface area contributed by atoms with Gasteiger partial charge in [0.2, 0.25) is 5.91 Å². The molecular weight excluding hydrogens is 624 g/mol. The maximum Gasteiger partial charge on any atom is 0.321 e. The second-order valence-corrected chi connectivity index (χ2v) is 12.0. The quantitative estimate of drug-likeness (QED) is 0.0669. The van der Waals surface area contributed by atoms with Crippen LogP contribution in [0.25, 0.3) is 0 Å². The van der Waals surface area contributed by atoms with Crippen molar-refractivity contribution in [2.24, 2.45) is 11.7 Å². The number of carbonyl (C=O) groups is 4. The van der Waals surface area contributed by atoms with Crippen LogP contribution in [0.1, 0.15) is 122 Å². The first-order valence-corrected chi connectivity index (χ1v) is 17.9. The number of hydrogen-bond donors (Lipinski definition) is 4. The van der Waals surface area contributed by atoms with Crippen molar-refractivity contribution in [2.45, 2.75) is 128 Å². The maximum absolute atomic E-state index is 12.1. The molecule has 0 saturated heterocycles. The summed E-state index contributed by atoms with van der Waals surface area (Å²) in [5, 5.41) is 20.5.